The number of halogens is 2. The Bertz CT molecular complexity index is 1310. The Labute approximate surface area is 196 Å². The van der Waals surface area contributed by atoms with Crippen LogP contribution < -0.4 is 10.2 Å². The molecule has 0 radical (unpaired) electrons. The van der Waals surface area contributed by atoms with Crippen LogP contribution in [0.1, 0.15) is 24.1 Å². The Balaban J connectivity index is 1.28. The number of nitrogens with one attached hydrogen (secondary N) is 1. The molecule has 0 atom stereocenters. The van der Waals surface area contributed by atoms with Crippen molar-refractivity contribution in [1.29, 1.82) is 0 Å². The molecule has 1 aliphatic rings. The molecule has 34 heavy (non-hydrogen) atoms. The fourth-order valence-corrected chi connectivity index (χ4v) is 4.37. The Morgan fingerprint density at radius 2 is 1.65 bits per heavy atom. The van der Waals surface area contributed by atoms with Gasteiger partial charge in [0, 0.05) is 48.9 Å². The third kappa shape index (κ3) is 4.62. The second-order valence-electron chi connectivity index (χ2n) is 8.67. The van der Waals surface area contributed by atoms with Gasteiger partial charge in [-0.25, -0.2) is 13.8 Å². The zero-order valence-corrected chi connectivity index (χ0v) is 18.8. The second-order valence-corrected chi connectivity index (χ2v) is 8.67. The number of aryl methyl sites for hydroxylation is 1. The second kappa shape index (κ2) is 9.21. The smallest absolute Gasteiger partial charge is 0.223 e. The highest BCUT2D eigenvalue weighted by Gasteiger charge is 2.26. The molecule has 6 nitrogen and oxygen atoms in total. The fraction of sp³-hybridized carbons (Fsp3) is 0.269. The number of benzene rings is 2. The summed E-state index contributed by atoms with van der Waals surface area (Å²) in [4.78, 5) is 19.5. The summed E-state index contributed by atoms with van der Waals surface area (Å²) < 4.78 is 28.2. The van der Waals surface area contributed by atoms with E-state index in [1.54, 1.807) is 24.3 Å². The summed E-state index contributed by atoms with van der Waals surface area (Å²) in [5.74, 6) is 0.317. The van der Waals surface area contributed by atoms with Crippen molar-refractivity contribution in [3.8, 4) is 11.3 Å². The first kappa shape index (κ1) is 22.0. The highest BCUT2D eigenvalue weighted by molar-refractivity contribution is 5.79. The summed E-state index contributed by atoms with van der Waals surface area (Å²) in [7, 11) is 0. The van der Waals surface area contributed by atoms with E-state index in [1.165, 1.54) is 24.3 Å². The lowest BCUT2D eigenvalue weighted by Gasteiger charge is -2.33. The average Bonchev–Trinajstić information content (AvgIpc) is 3.27. The first-order chi connectivity index (χ1) is 16.5. The van der Waals surface area contributed by atoms with E-state index in [1.807, 2.05) is 23.6 Å². The molecule has 0 aliphatic carbocycles. The molecule has 1 fully saturated rings. The molecule has 0 bridgehead atoms. The monoisotopic (exact) mass is 461 g/mol. The molecular weight excluding hydrogens is 436 g/mol. The van der Waals surface area contributed by atoms with Gasteiger partial charge in [-0.1, -0.05) is 12.1 Å². The maximum absolute atomic E-state index is 13.3. The predicted molar refractivity (Wildman–Crippen MR) is 126 cm³/mol. The van der Waals surface area contributed by atoms with Crippen LogP contribution >= 0.6 is 0 Å². The molecule has 2 aromatic heterocycles. The van der Waals surface area contributed by atoms with Crippen molar-refractivity contribution in [1.82, 2.24) is 19.9 Å². The number of aromatic nitrogens is 3. The number of fused-ring (bicyclic) bond motifs is 1. The minimum atomic E-state index is -0.287. The van der Waals surface area contributed by atoms with Gasteiger partial charge in [-0.15, -0.1) is 0 Å². The molecule has 1 aliphatic heterocycles. The van der Waals surface area contributed by atoms with Crippen molar-refractivity contribution in [2.45, 2.75) is 26.3 Å². The van der Waals surface area contributed by atoms with Gasteiger partial charge in [-0.2, -0.15) is 9.61 Å². The Kier molecular flexibility index (Phi) is 5.96. The van der Waals surface area contributed by atoms with Crippen molar-refractivity contribution in [2.24, 2.45) is 5.92 Å². The van der Waals surface area contributed by atoms with Gasteiger partial charge in [-0.3, -0.25) is 4.79 Å². The molecule has 8 heteroatoms. The zero-order valence-electron chi connectivity index (χ0n) is 18.8. The van der Waals surface area contributed by atoms with Crippen molar-refractivity contribution in [3.63, 3.8) is 0 Å². The van der Waals surface area contributed by atoms with Gasteiger partial charge in [0.05, 0.1) is 5.69 Å². The van der Waals surface area contributed by atoms with E-state index in [-0.39, 0.29) is 23.5 Å². The van der Waals surface area contributed by atoms with Gasteiger partial charge in [0.1, 0.15) is 17.5 Å². The minimum Gasteiger partial charge on any atom is -0.356 e. The lowest BCUT2D eigenvalue weighted by Crippen LogP contribution is -2.41. The number of carbonyl (C=O) groups is 1. The van der Waals surface area contributed by atoms with Crippen LogP contribution in [0.5, 0.6) is 0 Å². The van der Waals surface area contributed by atoms with E-state index < -0.39 is 0 Å². The molecule has 4 aromatic rings. The van der Waals surface area contributed by atoms with E-state index in [2.05, 4.69) is 15.2 Å². The number of nitrogens with zero attached hydrogens (tertiary/aromatic N) is 4. The standard InChI is InChI=1S/C26H25F2N5O/c1-17-14-25(33-24(30-17)15-23(31-33)19-4-8-22(28)9-5-19)32-12-10-20(11-13-32)26(34)29-16-18-2-6-21(27)7-3-18/h2-9,14-15,20H,10-13,16H2,1H3,(H,29,34). The summed E-state index contributed by atoms with van der Waals surface area (Å²) in [5, 5.41) is 7.71. The first-order valence-electron chi connectivity index (χ1n) is 11.4. The SMILES string of the molecule is Cc1cc(N2CCC(C(=O)NCc3ccc(F)cc3)CC2)n2nc(-c3ccc(F)cc3)cc2n1. The van der Waals surface area contributed by atoms with Crippen LogP contribution in [-0.4, -0.2) is 33.6 Å². The van der Waals surface area contributed by atoms with Crippen LogP contribution in [0.3, 0.4) is 0 Å². The van der Waals surface area contributed by atoms with Gasteiger partial charge in [0.15, 0.2) is 5.65 Å². The maximum atomic E-state index is 13.3. The van der Waals surface area contributed by atoms with E-state index in [0.717, 1.165) is 59.9 Å². The van der Waals surface area contributed by atoms with Crippen LogP contribution in [-0.2, 0) is 11.3 Å². The lowest BCUT2D eigenvalue weighted by molar-refractivity contribution is -0.125. The largest absolute Gasteiger partial charge is 0.356 e. The third-order valence-electron chi connectivity index (χ3n) is 6.25. The van der Waals surface area contributed by atoms with Crippen molar-refractivity contribution in [3.05, 3.63) is 83.6 Å². The number of anilines is 1. The number of carbonyl (C=O) groups excluding carboxylic acids is 1. The number of amides is 1. The minimum absolute atomic E-state index is 0.0257. The highest BCUT2D eigenvalue weighted by Crippen LogP contribution is 2.27. The molecule has 3 heterocycles. The molecule has 1 saturated heterocycles. The summed E-state index contributed by atoms with van der Waals surface area (Å²) in [6.45, 7) is 3.78. The molecule has 174 valence electrons. The number of piperidine rings is 1. The van der Waals surface area contributed by atoms with Gasteiger partial charge < -0.3 is 10.2 Å². The summed E-state index contributed by atoms with van der Waals surface area (Å²) >= 11 is 0. The highest BCUT2D eigenvalue weighted by atomic mass is 19.1. The van der Waals surface area contributed by atoms with E-state index in [9.17, 15) is 13.6 Å². The van der Waals surface area contributed by atoms with Crippen molar-refractivity contribution < 1.29 is 13.6 Å². The van der Waals surface area contributed by atoms with E-state index in [4.69, 9.17) is 5.10 Å². The normalized spacial score (nSPS) is 14.5. The molecule has 0 spiro atoms. The third-order valence-corrected chi connectivity index (χ3v) is 6.25. The number of hydrogen-bond acceptors (Lipinski definition) is 4. The Hall–Kier alpha value is -3.81. The Morgan fingerprint density at radius 1 is 1.00 bits per heavy atom. The molecule has 0 unspecified atom stereocenters. The van der Waals surface area contributed by atoms with Gasteiger partial charge in [0.25, 0.3) is 0 Å². The molecule has 0 saturated carbocycles. The number of rotatable bonds is 5. The van der Waals surface area contributed by atoms with Crippen LogP contribution in [0.4, 0.5) is 14.6 Å². The van der Waals surface area contributed by atoms with E-state index in [0.29, 0.717) is 6.54 Å². The van der Waals surface area contributed by atoms with Gasteiger partial charge in [-0.05, 0) is 61.7 Å². The fourth-order valence-electron chi connectivity index (χ4n) is 4.37. The van der Waals surface area contributed by atoms with Crippen LogP contribution in [0.15, 0.2) is 60.7 Å². The zero-order chi connectivity index (χ0) is 23.7. The van der Waals surface area contributed by atoms with Crippen LogP contribution in [0, 0.1) is 24.5 Å². The summed E-state index contributed by atoms with van der Waals surface area (Å²) in [6.07, 6.45) is 1.45. The molecule has 5 rings (SSSR count). The van der Waals surface area contributed by atoms with Gasteiger partial charge >= 0.3 is 0 Å². The van der Waals surface area contributed by atoms with Gasteiger partial charge in [0.2, 0.25) is 5.91 Å². The average molecular weight is 462 g/mol. The Morgan fingerprint density at radius 3 is 2.32 bits per heavy atom. The first-order valence-corrected chi connectivity index (χ1v) is 11.4. The molecule has 1 amide bonds. The molecule has 2 aromatic carbocycles. The molecular formula is C26H25F2N5O. The molecule has 1 N–H and O–H groups in total. The van der Waals surface area contributed by atoms with Crippen LogP contribution in [0.25, 0.3) is 16.9 Å². The van der Waals surface area contributed by atoms with E-state index >= 15 is 0 Å². The summed E-state index contributed by atoms with van der Waals surface area (Å²) in [5.41, 5.74) is 4.04. The van der Waals surface area contributed by atoms with Crippen molar-refractivity contribution >= 4 is 17.4 Å². The topological polar surface area (TPSA) is 62.5 Å². The lowest BCUT2D eigenvalue weighted by atomic mass is 9.95. The van der Waals surface area contributed by atoms with Crippen molar-refractivity contribution in [2.75, 3.05) is 18.0 Å². The number of hydrogen-bond donors (Lipinski definition) is 1. The van der Waals surface area contributed by atoms with Crippen LogP contribution in [0.2, 0.25) is 0 Å². The summed E-state index contributed by atoms with van der Waals surface area (Å²) in [6, 6.07) is 16.3. The maximum Gasteiger partial charge on any atom is 0.223 e. The quantitative estimate of drug-likeness (QED) is 0.475. The predicted octanol–water partition coefficient (Wildman–Crippen LogP) is 4.52.